The Kier molecular flexibility index (Phi) is 5.70. The minimum absolute atomic E-state index is 0.169. The van der Waals surface area contributed by atoms with Crippen LogP contribution in [0.1, 0.15) is 27.3 Å². The number of nitrogens with zero attached hydrogens (tertiary/aromatic N) is 2. The Morgan fingerprint density at radius 3 is 2.46 bits per heavy atom. The SMILES string of the molecule is Cc1nn(Cc2ccc(Cl)c(Cl)c2)c(C)c1NC(=O)c1ccc(Br)cc1. The van der Waals surface area contributed by atoms with E-state index < -0.39 is 0 Å². The van der Waals surface area contributed by atoms with Gasteiger partial charge in [0.1, 0.15) is 0 Å². The summed E-state index contributed by atoms with van der Waals surface area (Å²) in [5, 5.41) is 8.52. The van der Waals surface area contributed by atoms with Gasteiger partial charge in [0.25, 0.3) is 5.91 Å². The Morgan fingerprint density at radius 1 is 1.12 bits per heavy atom. The molecule has 0 fully saturated rings. The standard InChI is InChI=1S/C19H16BrCl2N3O/c1-11-18(23-19(26)14-4-6-15(20)7-5-14)12(2)25(24-11)10-13-3-8-16(21)17(22)9-13/h3-9H,10H2,1-2H3,(H,23,26). The van der Waals surface area contributed by atoms with Gasteiger partial charge >= 0.3 is 0 Å². The molecule has 7 heteroatoms. The zero-order chi connectivity index (χ0) is 18.8. The molecule has 4 nitrogen and oxygen atoms in total. The van der Waals surface area contributed by atoms with Crippen LogP contribution in [0.25, 0.3) is 0 Å². The van der Waals surface area contributed by atoms with Crippen molar-refractivity contribution in [3.05, 3.63) is 79.5 Å². The van der Waals surface area contributed by atoms with Crippen LogP contribution in [0.15, 0.2) is 46.9 Å². The molecule has 26 heavy (non-hydrogen) atoms. The molecule has 3 aromatic rings. The van der Waals surface area contributed by atoms with Crippen LogP contribution >= 0.6 is 39.1 Å². The average Bonchev–Trinajstić information content (AvgIpc) is 2.86. The minimum atomic E-state index is -0.169. The van der Waals surface area contributed by atoms with E-state index in [2.05, 4.69) is 26.3 Å². The first-order valence-electron chi connectivity index (χ1n) is 7.90. The molecule has 1 amide bonds. The number of anilines is 1. The third-order valence-corrected chi connectivity index (χ3v) is 5.31. The largest absolute Gasteiger partial charge is 0.319 e. The quantitative estimate of drug-likeness (QED) is 0.538. The maximum Gasteiger partial charge on any atom is 0.255 e. The zero-order valence-corrected chi connectivity index (χ0v) is 17.3. The normalized spacial score (nSPS) is 10.8. The van der Waals surface area contributed by atoms with Gasteiger partial charge in [0.2, 0.25) is 0 Å². The number of benzene rings is 2. The molecule has 0 radical (unpaired) electrons. The van der Waals surface area contributed by atoms with E-state index in [0.717, 1.165) is 27.1 Å². The monoisotopic (exact) mass is 451 g/mol. The smallest absolute Gasteiger partial charge is 0.255 e. The molecule has 0 aliphatic carbocycles. The van der Waals surface area contributed by atoms with Crippen molar-refractivity contribution in [1.82, 2.24) is 9.78 Å². The highest BCUT2D eigenvalue weighted by molar-refractivity contribution is 9.10. The van der Waals surface area contributed by atoms with Gasteiger partial charge in [0.05, 0.1) is 33.7 Å². The number of rotatable bonds is 4. The molecule has 1 aromatic heterocycles. The van der Waals surface area contributed by atoms with Gasteiger partial charge in [-0.25, -0.2) is 0 Å². The lowest BCUT2D eigenvalue weighted by Crippen LogP contribution is -2.13. The summed E-state index contributed by atoms with van der Waals surface area (Å²) < 4.78 is 2.77. The number of carbonyl (C=O) groups is 1. The van der Waals surface area contributed by atoms with Crippen LogP contribution in [-0.2, 0) is 6.54 Å². The molecule has 0 unspecified atom stereocenters. The molecule has 0 spiro atoms. The summed E-state index contributed by atoms with van der Waals surface area (Å²) in [6.07, 6.45) is 0. The molecule has 1 N–H and O–H groups in total. The molecule has 0 aliphatic heterocycles. The molecule has 134 valence electrons. The Hall–Kier alpha value is -1.82. The fourth-order valence-corrected chi connectivity index (χ4v) is 3.21. The number of halogens is 3. The first-order chi connectivity index (χ1) is 12.3. The summed E-state index contributed by atoms with van der Waals surface area (Å²) in [5.74, 6) is -0.169. The molecule has 0 saturated carbocycles. The molecule has 0 saturated heterocycles. The summed E-state index contributed by atoms with van der Waals surface area (Å²) in [4.78, 5) is 12.5. The third-order valence-electron chi connectivity index (χ3n) is 4.04. The Morgan fingerprint density at radius 2 is 1.81 bits per heavy atom. The maximum absolute atomic E-state index is 12.5. The van der Waals surface area contributed by atoms with Crippen LogP contribution in [-0.4, -0.2) is 15.7 Å². The summed E-state index contributed by atoms with van der Waals surface area (Å²) in [5.41, 5.74) is 3.92. The van der Waals surface area contributed by atoms with E-state index >= 15 is 0 Å². The van der Waals surface area contributed by atoms with Crippen molar-refractivity contribution in [3.63, 3.8) is 0 Å². The van der Waals surface area contributed by atoms with Gasteiger partial charge in [-0.15, -0.1) is 0 Å². The minimum Gasteiger partial charge on any atom is -0.319 e. The number of nitrogens with one attached hydrogen (secondary N) is 1. The van der Waals surface area contributed by atoms with Crippen molar-refractivity contribution in [2.24, 2.45) is 0 Å². The first kappa shape index (κ1) is 19.0. The highest BCUT2D eigenvalue weighted by atomic mass is 79.9. The Balaban J connectivity index is 1.82. The summed E-state index contributed by atoms with van der Waals surface area (Å²) >= 11 is 15.4. The molecular weight excluding hydrogens is 437 g/mol. The van der Waals surface area contributed by atoms with E-state index in [-0.39, 0.29) is 5.91 Å². The van der Waals surface area contributed by atoms with Gasteiger partial charge in [0.15, 0.2) is 0 Å². The zero-order valence-electron chi connectivity index (χ0n) is 14.2. The summed E-state index contributed by atoms with van der Waals surface area (Å²) in [6.45, 7) is 4.34. The van der Waals surface area contributed by atoms with Gasteiger partial charge in [0, 0.05) is 10.0 Å². The lowest BCUT2D eigenvalue weighted by Gasteiger charge is -2.08. The van der Waals surface area contributed by atoms with Gasteiger partial charge < -0.3 is 5.32 Å². The first-order valence-corrected chi connectivity index (χ1v) is 9.45. The van der Waals surface area contributed by atoms with Crippen LogP contribution in [0, 0.1) is 13.8 Å². The van der Waals surface area contributed by atoms with Crippen LogP contribution in [0.5, 0.6) is 0 Å². The fraction of sp³-hybridized carbons (Fsp3) is 0.158. The Bertz CT molecular complexity index is 968. The number of aromatic nitrogens is 2. The molecule has 1 heterocycles. The topological polar surface area (TPSA) is 46.9 Å². The van der Waals surface area contributed by atoms with Crippen molar-refractivity contribution >= 4 is 50.7 Å². The molecule has 0 bridgehead atoms. The average molecular weight is 453 g/mol. The van der Waals surface area contributed by atoms with Crippen molar-refractivity contribution in [3.8, 4) is 0 Å². The maximum atomic E-state index is 12.5. The van der Waals surface area contributed by atoms with Gasteiger partial charge in [-0.05, 0) is 55.8 Å². The molecular formula is C19H16BrCl2N3O. The molecule has 0 aliphatic rings. The van der Waals surface area contributed by atoms with Crippen molar-refractivity contribution in [2.75, 3.05) is 5.32 Å². The van der Waals surface area contributed by atoms with Crippen LogP contribution < -0.4 is 5.32 Å². The number of carbonyl (C=O) groups excluding carboxylic acids is 1. The lowest BCUT2D eigenvalue weighted by atomic mass is 10.2. The van der Waals surface area contributed by atoms with Gasteiger partial charge in [-0.1, -0.05) is 45.2 Å². The Labute approximate surface area is 170 Å². The summed E-state index contributed by atoms with van der Waals surface area (Å²) in [6, 6.07) is 12.7. The van der Waals surface area contributed by atoms with E-state index in [1.807, 2.05) is 42.8 Å². The second-order valence-corrected chi connectivity index (χ2v) is 7.64. The van der Waals surface area contributed by atoms with E-state index in [0.29, 0.717) is 22.2 Å². The van der Waals surface area contributed by atoms with E-state index in [4.69, 9.17) is 23.2 Å². The fourth-order valence-electron chi connectivity index (χ4n) is 2.63. The second kappa shape index (κ2) is 7.82. The lowest BCUT2D eigenvalue weighted by molar-refractivity contribution is 0.102. The van der Waals surface area contributed by atoms with E-state index in [1.165, 1.54) is 0 Å². The van der Waals surface area contributed by atoms with Crippen molar-refractivity contribution < 1.29 is 4.79 Å². The van der Waals surface area contributed by atoms with Gasteiger partial charge in [-0.3, -0.25) is 9.48 Å². The van der Waals surface area contributed by atoms with Crippen LogP contribution in [0.2, 0.25) is 10.0 Å². The summed E-state index contributed by atoms with van der Waals surface area (Å²) in [7, 11) is 0. The number of hydrogen-bond acceptors (Lipinski definition) is 2. The van der Waals surface area contributed by atoms with Crippen LogP contribution in [0.3, 0.4) is 0 Å². The number of aryl methyl sites for hydroxylation is 1. The van der Waals surface area contributed by atoms with Crippen molar-refractivity contribution in [2.45, 2.75) is 20.4 Å². The highest BCUT2D eigenvalue weighted by Crippen LogP contribution is 2.25. The number of hydrogen-bond donors (Lipinski definition) is 1. The predicted molar refractivity (Wildman–Crippen MR) is 109 cm³/mol. The van der Waals surface area contributed by atoms with Crippen LogP contribution in [0.4, 0.5) is 5.69 Å². The predicted octanol–water partition coefficient (Wildman–Crippen LogP) is 5.87. The van der Waals surface area contributed by atoms with E-state index in [9.17, 15) is 4.79 Å². The molecule has 3 rings (SSSR count). The van der Waals surface area contributed by atoms with Crippen molar-refractivity contribution in [1.29, 1.82) is 0 Å². The number of amides is 1. The second-order valence-electron chi connectivity index (χ2n) is 5.91. The van der Waals surface area contributed by atoms with E-state index in [1.54, 1.807) is 18.2 Å². The highest BCUT2D eigenvalue weighted by Gasteiger charge is 2.15. The molecule has 2 aromatic carbocycles. The molecule has 0 atom stereocenters. The third kappa shape index (κ3) is 4.11. The van der Waals surface area contributed by atoms with Gasteiger partial charge in [-0.2, -0.15) is 5.10 Å².